The lowest BCUT2D eigenvalue weighted by Crippen LogP contribution is -2.24. The Kier molecular flexibility index (Phi) is 9.45. The number of ether oxygens (including phenoxy) is 2. The van der Waals surface area contributed by atoms with Gasteiger partial charge in [0, 0.05) is 65.8 Å². The third kappa shape index (κ3) is 7.94. The van der Waals surface area contributed by atoms with E-state index < -0.39 is 11.6 Å². The lowest BCUT2D eigenvalue weighted by Gasteiger charge is -2.19. The molecule has 0 aromatic carbocycles. The van der Waals surface area contributed by atoms with Crippen LogP contribution >= 0.6 is 0 Å². The van der Waals surface area contributed by atoms with Crippen molar-refractivity contribution in [3.63, 3.8) is 0 Å². The number of hydrogen-bond acceptors (Lipinski definition) is 8. The number of carbonyl (C=O) groups is 5. The Labute approximate surface area is 261 Å². The molecule has 0 saturated carbocycles. The van der Waals surface area contributed by atoms with Gasteiger partial charge in [-0.25, -0.2) is 9.78 Å². The highest BCUT2D eigenvalue weighted by molar-refractivity contribution is 5.99. The van der Waals surface area contributed by atoms with Crippen LogP contribution in [0.4, 0.5) is 0 Å². The van der Waals surface area contributed by atoms with Crippen molar-refractivity contribution in [2.45, 2.75) is 52.1 Å². The molecular formula is C33H39N5O7. The van der Waals surface area contributed by atoms with Gasteiger partial charge in [-0.1, -0.05) is 0 Å². The number of Topliss-reactive ketones (excluding diaryl/α,β-unsaturated/α-hetero) is 3. The van der Waals surface area contributed by atoms with Crippen LogP contribution in [0.5, 0.6) is 0 Å². The van der Waals surface area contributed by atoms with Gasteiger partial charge in [0.05, 0.1) is 37.0 Å². The highest BCUT2D eigenvalue weighted by atomic mass is 16.6. The summed E-state index contributed by atoms with van der Waals surface area (Å²) in [5.74, 6) is -1.28. The van der Waals surface area contributed by atoms with E-state index in [0.29, 0.717) is 39.5 Å². The maximum Gasteiger partial charge on any atom is 0.354 e. The van der Waals surface area contributed by atoms with Crippen LogP contribution in [0, 0.1) is 0 Å². The molecule has 0 radical (unpaired) electrons. The summed E-state index contributed by atoms with van der Waals surface area (Å²) in [6, 6.07) is 4.98. The van der Waals surface area contributed by atoms with Crippen molar-refractivity contribution >= 4 is 29.3 Å². The highest BCUT2D eigenvalue weighted by Crippen LogP contribution is 2.18. The van der Waals surface area contributed by atoms with Crippen LogP contribution < -0.4 is 0 Å². The fourth-order valence-electron chi connectivity index (χ4n) is 5.26. The minimum absolute atomic E-state index is 0.0169. The molecule has 0 bridgehead atoms. The van der Waals surface area contributed by atoms with E-state index in [9.17, 15) is 24.0 Å². The maximum absolute atomic E-state index is 13.2. The van der Waals surface area contributed by atoms with Crippen LogP contribution in [-0.4, -0.2) is 65.3 Å². The molecule has 0 unspecified atom stereocenters. The number of carbonyl (C=O) groups excluding carboxylic acids is 5. The number of imidazole rings is 1. The zero-order chi connectivity index (χ0) is 33.2. The first-order valence-electron chi connectivity index (χ1n) is 14.4. The Morgan fingerprint density at radius 1 is 0.644 bits per heavy atom. The molecule has 12 nitrogen and oxygen atoms in total. The zero-order valence-corrected chi connectivity index (χ0v) is 27.0. The van der Waals surface area contributed by atoms with Crippen LogP contribution in [0.15, 0.2) is 43.0 Å². The van der Waals surface area contributed by atoms with Crippen LogP contribution in [-0.2, 0) is 68.1 Å². The molecule has 4 heterocycles. The first-order valence-corrected chi connectivity index (χ1v) is 14.4. The van der Waals surface area contributed by atoms with Crippen molar-refractivity contribution in [1.29, 1.82) is 0 Å². The smallest absolute Gasteiger partial charge is 0.354 e. The van der Waals surface area contributed by atoms with Gasteiger partial charge in [-0.2, -0.15) is 0 Å². The van der Waals surface area contributed by atoms with Crippen LogP contribution in [0.3, 0.4) is 0 Å². The van der Waals surface area contributed by atoms with Crippen molar-refractivity contribution in [3.8, 4) is 0 Å². The van der Waals surface area contributed by atoms with Crippen molar-refractivity contribution in [2.75, 3.05) is 7.11 Å². The summed E-state index contributed by atoms with van der Waals surface area (Å²) in [7, 11) is 8.17. The number of methoxy groups -OCH3 is 1. The van der Waals surface area contributed by atoms with Crippen molar-refractivity contribution in [1.82, 2.24) is 23.3 Å². The number of nitrogens with zero attached hydrogens (tertiary/aromatic N) is 5. The Balaban J connectivity index is 1.40. The second kappa shape index (κ2) is 12.9. The lowest BCUT2D eigenvalue weighted by molar-refractivity contribution is -0.153. The average Bonchev–Trinajstić information content (AvgIpc) is 3.68. The summed E-state index contributed by atoms with van der Waals surface area (Å²) >= 11 is 0. The normalized spacial score (nSPS) is 11.5. The molecule has 4 rings (SSSR count). The fraction of sp³-hybridized carbons (Fsp3) is 0.394. The first-order chi connectivity index (χ1) is 21.0. The Morgan fingerprint density at radius 3 is 1.64 bits per heavy atom. The molecular weight excluding hydrogens is 578 g/mol. The summed E-state index contributed by atoms with van der Waals surface area (Å²) in [4.78, 5) is 68.0. The standard InChI is InChI=1S/C33H39N5O7/c1-33(2,3)45-30(42)14-22-10-25(36(5)18-22)28(40)15-23-19-38(7)31(34-23)29(41)13-20-9-24(35(4)16-20)27(39)12-21-11-26(32(43)44-8)37(6)17-21/h9-11,16-19H,12-15H2,1-8H3. The summed E-state index contributed by atoms with van der Waals surface area (Å²) in [6.07, 6.45) is 6.94. The molecule has 45 heavy (non-hydrogen) atoms. The number of ketones is 3. The quantitative estimate of drug-likeness (QED) is 0.174. The summed E-state index contributed by atoms with van der Waals surface area (Å²) in [5.41, 5.74) is 3.04. The molecule has 0 aliphatic rings. The maximum atomic E-state index is 13.2. The minimum atomic E-state index is -0.597. The van der Waals surface area contributed by atoms with E-state index >= 15 is 0 Å². The third-order valence-corrected chi connectivity index (χ3v) is 7.17. The minimum Gasteiger partial charge on any atom is -0.464 e. The largest absolute Gasteiger partial charge is 0.464 e. The van der Waals surface area contributed by atoms with Crippen molar-refractivity contribution < 1.29 is 33.4 Å². The topological polar surface area (TPSA) is 136 Å². The van der Waals surface area contributed by atoms with Gasteiger partial charge in [0.15, 0.2) is 17.4 Å². The Hall–Kier alpha value is -5.00. The Morgan fingerprint density at radius 2 is 1.11 bits per heavy atom. The van der Waals surface area contributed by atoms with Crippen molar-refractivity contribution in [3.05, 3.63) is 88.3 Å². The van der Waals surface area contributed by atoms with Crippen LogP contribution in [0.1, 0.15) is 85.2 Å². The van der Waals surface area contributed by atoms with Gasteiger partial charge in [-0.05, 0) is 55.7 Å². The second-order valence-corrected chi connectivity index (χ2v) is 12.3. The number of hydrogen-bond donors (Lipinski definition) is 0. The molecule has 0 aliphatic heterocycles. The van der Waals surface area contributed by atoms with Gasteiger partial charge in [0.25, 0.3) is 0 Å². The van der Waals surface area contributed by atoms with E-state index in [1.54, 1.807) is 110 Å². The first kappa shape index (κ1) is 32.9. The Bertz CT molecular complexity index is 1790. The van der Waals surface area contributed by atoms with Crippen LogP contribution in [0.25, 0.3) is 0 Å². The molecule has 0 amide bonds. The van der Waals surface area contributed by atoms with Crippen molar-refractivity contribution in [2.24, 2.45) is 28.2 Å². The van der Waals surface area contributed by atoms with E-state index in [1.165, 1.54) is 7.11 Å². The molecule has 0 N–H and O–H groups in total. The predicted octanol–water partition coefficient (Wildman–Crippen LogP) is 3.38. The molecule has 0 atom stereocenters. The van der Waals surface area contributed by atoms with Gasteiger partial charge in [0.1, 0.15) is 11.3 Å². The fourth-order valence-corrected chi connectivity index (χ4v) is 5.26. The van der Waals surface area contributed by atoms with E-state index in [0.717, 1.165) is 0 Å². The van der Waals surface area contributed by atoms with Gasteiger partial charge in [-0.15, -0.1) is 0 Å². The summed E-state index contributed by atoms with van der Waals surface area (Å²) in [5, 5.41) is 0. The monoisotopic (exact) mass is 617 g/mol. The molecule has 12 heteroatoms. The van der Waals surface area contributed by atoms with Gasteiger partial charge < -0.3 is 27.7 Å². The number of aromatic nitrogens is 5. The SMILES string of the molecule is COC(=O)c1cc(CC(=O)c2cc(CC(=O)c3nc(CC(=O)c4cc(CC(=O)OC(C)(C)C)cn4C)cn3C)cn2C)cn1C. The second-order valence-electron chi connectivity index (χ2n) is 12.3. The average molecular weight is 618 g/mol. The molecule has 238 valence electrons. The van der Waals surface area contributed by atoms with E-state index in [4.69, 9.17) is 9.47 Å². The highest BCUT2D eigenvalue weighted by Gasteiger charge is 2.22. The molecule has 0 spiro atoms. The third-order valence-electron chi connectivity index (χ3n) is 7.17. The molecule has 4 aromatic heterocycles. The zero-order valence-electron chi connectivity index (χ0n) is 27.0. The molecule has 0 fully saturated rings. The molecule has 0 saturated heterocycles. The number of aryl methyl sites for hydroxylation is 4. The molecule has 0 aliphatic carbocycles. The predicted molar refractivity (Wildman–Crippen MR) is 164 cm³/mol. The van der Waals surface area contributed by atoms with Gasteiger partial charge in [0.2, 0.25) is 5.78 Å². The lowest BCUT2D eigenvalue weighted by atomic mass is 10.1. The number of rotatable bonds is 12. The molecule has 4 aromatic rings. The van der Waals surface area contributed by atoms with Gasteiger partial charge in [-0.3, -0.25) is 19.2 Å². The summed E-state index contributed by atoms with van der Waals surface area (Å²) < 4.78 is 16.7. The number of esters is 2. The van der Waals surface area contributed by atoms with E-state index in [2.05, 4.69) is 4.98 Å². The van der Waals surface area contributed by atoms with E-state index in [-0.39, 0.29) is 54.8 Å². The van der Waals surface area contributed by atoms with Crippen LogP contribution in [0.2, 0.25) is 0 Å². The van der Waals surface area contributed by atoms with E-state index in [1.807, 2.05) is 0 Å². The van der Waals surface area contributed by atoms with Gasteiger partial charge >= 0.3 is 11.9 Å². The summed E-state index contributed by atoms with van der Waals surface area (Å²) in [6.45, 7) is 5.39.